The highest BCUT2D eigenvalue weighted by atomic mass is 16.5. The van der Waals surface area contributed by atoms with Crippen molar-refractivity contribution < 1.29 is 38.4 Å². The van der Waals surface area contributed by atoms with Crippen LogP contribution in [0.25, 0.3) is 5.76 Å². The number of aliphatic hydroxyl groups excluding tert-OH is 1. The molecule has 9 heteroatoms. The van der Waals surface area contributed by atoms with Crippen LogP contribution in [0.3, 0.4) is 0 Å². The molecule has 0 bridgehead atoms. The fourth-order valence-corrected chi connectivity index (χ4v) is 4.38. The first-order chi connectivity index (χ1) is 18.3. The summed E-state index contributed by atoms with van der Waals surface area (Å²) in [6, 6.07) is 17.3. The Kier molecular flexibility index (Phi) is 7.66. The number of likely N-dealkylation sites (tertiary alicyclic amines) is 1. The van der Waals surface area contributed by atoms with Gasteiger partial charge in [-0.05, 0) is 47.5 Å². The lowest BCUT2D eigenvalue weighted by molar-refractivity contribution is -0.140. The second-order valence-corrected chi connectivity index (χ2v) is 8.45. The predicted octanol–water partition coefficient (Wildman–Crippen LogP) is 4.12. The molecule has 38 heavy (non-hydrogen) atoms. The van der Waals surface area contributed by atoms with E-state index >= 15 is 0 Å². The number of hydrogen-bond acceptors (Lipinski definition) is 8. The van der Waals surface area contributed by atoms with Gasteiger partial charge >= 0.3 is 5.97 Å². The minimum atomic E-state index is -0.895. The Hall–Kier alpha value is -4.79. The third-order valence-electron chi connectivity index (χ3n) is 6.36. The third kappa shape index (κ3) is 4.90. The summed E-state index contributed by atoms with van der Waals surface area (Å²) in [5.74, 6) is -1.07. The number of hydrogen-bond donors (Lipinski definition) is 1. The summed E-state index contributed by atoms with van der Waals surface area (Å²) < 4.78 is 20.7. The molecule has 0 radical (unpaired) electrons. The van der Waals surface area contributed by atoms with Crippen LogP contribution in [0.5, 0.6) is 17.2 Å². The monoisotopic (exact) mass is 517 g/mol. The lowest BCUT2D eigenvalue weighted by Gasteiger charge is -2.26. The average molecular weight is 518 g/mol. The second kappa shape index (κ2) is 11.1. The number of nitrogens with zero attached hydrogens (tertiary/aromatic N) is 1. The van der Waals surface area contributed by atoms with Gasteiger partial charge < -0.3 is 29.0 Å². The molecule has 196 valence electrons. The van der Waals surface area contributed by atoms with Crippen molar-refractivity contribution in [3.8, 4) is 17.2 Å². The summed E-state index contributed by atoms with van der Waals surface area (Å²) >= 11 is 0. The van der Waals surface area contributed by atoms with Crippen molar-refractivity contribution in [2.24, 2.45) is 0 Å². The van der Waals surface area contributed by atoms with Gasteiger partial charge in [0, 0.05) is 12.6 Å². The molecular formula is C29H27NO8. The zero-order valence-corrected chi connectivity index (χ0v) is 21.4. The molecular weight excluding hydrogens is 490 g/mol. The summed E-state index contributed by atoms with van der Waals surface area (Å²) in [4.78, 5) is 39.9. The van der Waals surface area contributed by atoms with Crippen LogP contribution in [0.4, 0.5) is 0 Å². The van der Waals surface area contributed by atoms with Crippen LogP contribution < -0.4 is 14.2 Å². The van der Waals surface area contributed by atoms with Crippen molar-refractivity contribution in [2.75, 3.05) is 28.4 Å². The van der Waals surface area contributed by atoms with E-state index in [1.165, 1.54) is 33.3 Å². The van der Waals surface area contributed by atoms with E-state index in [1.54, 1.807) is 66.7 Å². The number of aliphatic hydroxyl groups is 1. The molecule has 0 saturated carbocycles. The quantitative estimate of drug-likeness (QED) is 0.206. The maximum Gasteiger partial charge on any atom is 0.337 e. The van der Waals surface area contributed by atoms with E-state index in [9.17, 15) is 19.5 Å². The van der Waals surface area contributed by atoms with Gasteiger partial charge in [0.2, 0.25) is 0 Å². The Bertz CT molecular complexity index is 1390. The number of amides is 1. The van der Waals surface area contributed by atoms with Crippen LogP contribution in [0, 0.1) is 0 Å². The Balaban J connectivity index is 1.83. The maximum atomic E-state index is 13.4. The minimum absolute atomic E-state index is 0.0548. The highest BCUT2D eigenvalue weighted by Gasteiger charge is 2.46. The molecule has 3 aromatic carbocycles. The van der Waals surface area contributed by atoms with Gasteiger partial charge in [0.25, 0.3) is 11.7 Å². The highest BCUT2D eigenvalue weighted by Crippen LogP contribution is 2.42. The standard InChI is InChI=1S/C29H27NO8/c1-35-20-11-9-18(10-12-20)25-24(26(31)22-14-13-21(36-2)15-23(22)37-3)27(32)28(33)30(25)16-17-5-7-19(8-6-17)29(34)38-4/h5-15,25,31H,16H2,1-4H3/b26-24-. The summed E-state index contributed by atoms with van der Waals surface area (Å²) in [5, 5.41) is 11.4. The highest BCUT2D eigenvalue weighted by molar-refractivity contribution is 6.46. The van der Waals surface area contributed by atoms with Crippen molar-refractivity contribution in [1.82, 2.24) is 4.90 Å². The summed E-state index contributed by atoms with van der Waals surface area (Å²) in [7, 11) is 5.77. The first-order valence-corrected chi connectivity index (χ1v) is 11.6. The molecule has 4 rings (SSSR count). The Labute approximate surface area is 219 Å². The van der Waals surface area contributed by atoms with E-state index in [0.29, 0.717) is 28.2 Å². The summed E-state index contributed by atoms with van der Waals surface area (Å²) in [5.41, 5.74) is 1.81. The molecule has 1 saturated heterocycles. The van der Waals surface area contributed by atoms with Gasteiger partial charge in [-0.15, -0.1) is 0 Å². The second-order valence-electron chi connectivity index (χ2n) is 8.45. The number of Topliss-reactive ketones (excluding diaryl/α,β-unsaturated/α-hetero) is 1. The first-order valence-electron chi connectivity index (χ1n) is 11.6. The smallest absolute Gasteiger partial charge is 0.337 e. The number of methoxy groups -OCH3 is 4. The van der Waals surface area contributed by atoms with E-state index < -0.39 is 23.7 Å². The van der Waals surface area contributed by atoms with Crippen LogP contribution >= 0.6 is 0 Å². The van der Waals surface area contributed by atoms with Gasteiger partial charge in [0.05, 0.1) is 51.2 Å². The predicted molar refractivity (Wildman–Crippen MR) is 138 cm³/mol. The molecule has 1 fully saturated rings. The van der Waals surface area contributed by atoms with Crippen LogP contribution in [-0.4, -0.2) is 56.1 Å². The van der Waals surface area contributed by atoms with E-state index in [2.05, 4.69) is 0 Å². The molecule has 0 spiro atoms. The van der Waals surface area contributed by atoms with Crippen molar-refractivity contribution in [3.05, 3.63) is 94.6 Å². The van der Waals surface area contributed by atoms with E-state index in [-0.39, 0.29) is 29.2 Å². The van der Waals surface area contributed by atoms with Crippen molar-refractivity contribution >= 4 is 23.4 Å². The zero-order chi connectivity index (χ0) is 27.4. The van der Waals surface area contributed by atoms with E-state index in [0.717, 1.165) is 0 Å². The molecule has 1 unspecified atom stereocenters. The van der Waals surface area contributed by atoms with Crippen molar-refractivity contribution in [2.45, 2.75) is 12.6 Å². The Morgan fingerprint density at radius 3 is 2.05 bits per heavy atom. The van der Waals surface area contributed by atoms with E-state index in [4.69, 9.17) is 18.9 Å². The molecule has 1 atom stereocenters. The molecule has 1 aliphatic heterocycles. The summed E-state index contributed by atoms with van der Waals surface area (Å²) in [6.45, 7) is 0.0548. The molecule has 9 nitrogen and oxygen atoms in total. The first kappa shape index (κ1) is 26.3. The number of carbonyl (C=O) groups excluding carboxylic acids is 3. The molecule has 1 N–H and O–H groups in total. The van der Waals surface area contributed by atoms with Crippen LogP contribution in [0.15, 0.2) is 72.3 Å². The van der Waals surface area contributed by atoms with Crippen molar-refractivity contribution in [1.29, 1.82) is 0 Å². The minimum Gasteiger partial charge on any atom is -0.507 e. The largest absolute Gasteiger partial charge is 0.507 e. The normalized spacial score (nSPS) is 16.3. The molecule has 1 heterocycles. The number of carbonyl (C=O) groups is 3. The van der Waals surface area contributed by atoms with Gasteiger partial charge in [-0.1, -0.05) is 24.3 Å². The number of ether oxygens (including phenoxy) is 4. The molecule has 1 amide bonds. The van der Waals surface area contributed by atoms with E-state index in [1.807, 2.05) is 0 Å². The van der Waals surface area contributed by atoms with Gasteiger partial charge in [-0.3, -0.25) is 9.59 Å². The van der Waals surface area contributed by atoms with Gasteiger partial charge in [0.1, 0.15) is 23.0 Å². The Morgan fingerprint density at radius 1 is 0.842 bits per heavy atom. The number of esters is 1. The topological polar surface area (TPSA) is 112 Å². The number of benzene rings is 3. The van der Waals surface area contributed by atoms with Gasteiger partial charge in [-0.25, -0.2) is 4.79 Å². The van der Waals surface area contributed by atoms with Crippen LogP contribution in [0.1, 0.15) is 33.1 Å². The van der Waals surface area contributed by atoms with Crippen LogP contribution in [0.2, 0.25) is 0 Å². The SMILES string of the molecule is COC(=O)c1ccc(CN2C(=O)C(=O)/C(=C(\O)c3ccc(OC)cc3OC)C2c2ccc(OC)cc2)cc1. The van der Waals surface area contributed by atoms with Crippen LogP contribution in [-0.2, 0) is 20.9 Å². The Morgan fingerprint density at radius 2 is 1.47 bits per heavy atom. The molecule has 1 aliphatic rings. The third-order valence-corrected chi connectivity index (χ3v) is 6.36. The molecule has 0 aromatic heterocycles. The molecule has 3 aromatic rings. The maximum absolute atomic E-state index is 13.4. The summed E-state index contributed by atoms with van der Waals surface area (Å²) in [6.07, 6.45) is 0. The zero-order valence-electron chi connectivity index (χ0n) is 21.4. The number of rotatable bonds is 8. The average Bonchev–Trinajstić information content (AvgIpc) is 3.21. The lowest BCUT2D eigenvalue weighted by Crippen LogP contribution is -2.29. The van der Waals surface area contributed by atoms with Crippen molar-refractivity contribution in [3.63, 3.8) is 0 Å². The number of ketones is 1. The fraction of sp³-hybridized carbons (Fsp3) is 0.207. The fourth-order valence-electron chi connectivity index (χ4n) is 4.38. The molecule has 0 aliphatic carbocycles. The lowest BCUT2D eigenvalue weighted by atomic mass is 9.94. The van der Waals surface area contributed by atoms with Gasteiger partial charge in [0.15, 0.2) is 0 Å². The van der Waals surface area contributed by atoms with Gasteiger partial charge in [-0.2, -0.15) is 0 Å².